The van der Waals surface area contributed by atoms with E-state index in [1.807, 2.05) is 0 Å². The van der Waals surface area contributed by atoms with Crippen LogP contribution in [0.25, 0.3) is 0 Å². The number of nitrogens with two attached hydrogens (primary N) is 1. The van der Waals surface area contributed by atoms with Gasteiger partial charge in [-0.1, -0.05) is 13.0 Å². The zero-order valence-corrected chi connectivity index (χ0v) is 12.6. The van der Waals surface area contributed by atoms with Crippen LogP contribution in [-0.2, 0) is 10.0 Å². The molecule has 5 heteroatoms. The molecule has 19 heavy (non-hydrogen) atoms. The lowest BCUT2D eigenvalue weighted by atomic mass is 10.1. The van der Waals surface area contributed by atoms with Crippen LogP contribution in [0.5, 0.6) is 0 Å². The standard InChI is InChI=1S/C14H22N2O2S/c1-4-14(7-8-14)9-16-19(17,18)13-10(2)5-6-12(15)11(13)3/h5-6,16H,4,7-9,15H2,1-3H3. The normalized spacial score (nSPS) is 17.4. The minimum atomic E-state index is -3.48. The summed E-state index contributed by atoms with van der Waals surface area (Å²) in [4.78, 5) is 0.333. The minimum absolute atomic E-state index is 0.190. The summed E-state index contributed by atoms with van der Waals surface area (Å²) >= 11 is 0. The Balaban J connectivity index is 2.27. The first-order chi connectivity index (χ1) is 8.81. The number of hydrogen-bond donors (Lipinski definition) is 2. The van der Waals surface area contributed by atoms with E-state index in [1.54, 1.807) is 26.0 Å². The Labute approximate surface area is 115 Å². The van der Waals surface area contributed by atoms with Crippen LogP contribution >= 0.6 is 0 Å². The molecule has 1 aliphatic rings. The van der Waals surface area contributed by atoms with E-state index in [2.05, 4.69) is 11.6 Å². The first-order valence-corrected chi connectivity index (χ1v) is 8.15. The van der Waals surface area contributed by atoms with Gasteiger partial charge in [-0.15, -0.1) is 0 Å². The number of anilines is 1. The zero-order valence-electron chi connectivity index (χ0n) is 11.8. The predicted molar refractivity (Wildman–Crippen MR) is 77.5 cm³/mol. The molecule has 106 valence electrons. The maximum absolute atomic E-state index is 12.4. The predicted octanol–water partition coefficient (Wildman–Crippen LogP) is 2.35. The van der Waals surface area contributed by atoms with E-state index in [1.165, 1.54) is 0 Å². The number of hydrogen-bond acceptors (Lipinski definition) is 3. The summed E-state index contributed by atoms with van der Waals surface area (Å²) < 4.78 is 27.7. The van der Waals surface area contributed by atoms with Crippen molar-refractivity contribution < 1.29 is 8.42 Å². The van der Waals surface area contributed by atoms with Gasteiger partial charge in [-0.25, -0.2) is 13.1 Å². The topological polar surface area (TPSA) is 72.2 Å². The van der Waals surface area contributed by atoms with E-state index in [-0.39, 0.29) is 5.41 Å². The van der Waals surface area contributed by atoms with E-state index in [0.717, 1.165) is 24.8 Å². The molecule has 0 aliphatic heterocycles. The van der Waals surface area contributed by atoms with Crippen LogP contribution in [0.2, 0.25) is 0 Å². The van der Waals surface area contributed by atoms with Crippen molar-refractivity contribution in [3.63, 3.8) is 0 Å². The molecule has 0 unspecified atom stereocenters. The van der Waals surface area contributed by atoms with Crippen molar-refractivity contribution in [1.82, 2.24) is 4.72 Å². The second-order valence-electron chi connectivity index (χ2n) is 5.60. The van der Waals surface area contributed by atoms with Crippen molar-refractivity contribution >= 4 is 15.7 Å². The highest BCUT2D eigenvalue weighted by atomic mass is 32.2. The van der Waals surface area contributed by atoms with Crippen LogP contribution in [0.15, 0.2) is 17.0 Å². The molecule has 0 spiro atoms. The largest absolute Gasteiger partial charge is 0.398 e. The third kappa shape index (κ3) is 2.77. The zero-order chi connectivity index (χ0) is 14.3. The lowest BCUT2D eigenvalue weighted by Gasteiger charge is -2.17. The molecule has 1 aromatic rings. The fourth-order valence-corrected chi connectivity index (χ4v) is 4.06. The van der Waals surface area contributed by atoms with Crippen LogP contribution in [0, 0.1) is 19.3 Å². The van der Waals surface area contributed by atoms with E-state index in [9.17, 15) is 8.42 Å². The van der Waals surface area contributed by atoms with Crippen LogP contribution in [-0.4, -0.2) is 15.0 Å². The molecule has 1 aliphatic carbocycles. The highest BCUT2D eigenvalue weighted by molar-refractivity contribution is 7.89. The third-order valence-corrected chi connectivity index (χ3v) is 5.95. The van der Waals surface area contributed by atoms with Crippen LogP contribution < -0.4 is 10.5 Å². The fraction of sp³-hybridized carbons (Fsp3) is 0.571. The van der Waals surface area contributed by atoms with Crippen molar-refractivity contribution in [2.24, 2.45) is 5.41 Å². The molecule has 3 N–H and O–H groups in total. The van der Waals surface area contributed by atoms with Gasteiger partial charge in [0.15, 0.2) is 0 Å². The quantitative estimate of drug-likeness (QED) is 0.814. The number of benzene rings is 1. The Hall–Kier alpha value is -1.07. The Morgan fingerprint density at radius 2 is 1.95 bits per heavy atom. The minimum Gasteiger partial charge on any atom is -0.398 e. The molecule has 1 fully saturated rings. The first kappa shape index (κ1) is 14.3. The molecule has 0 radical (unpaired) electrons. The van der Waals surface area contributed by atoms with Gasteiger partial charge in [-0.05, 0) is 55.7 Å². The van der Waals surface area contributed by atoms with Crippen molar-refractivity contribution in [2.75, 3.05) is 12.3 Å². The fourth-order valence-electron chi connectivity index (χ4n) is 2.41. The van der Waals surface area contributed by atoms with E-state index in [0.29, 0.717) is 22.7 Å². The van der Waals surface area contributed by atoms with Gasteiger partial charge < -0.3 is 5.73 Å². The average Bonchev–Trinajstić information content (AvgIpc) is 3.13. The molecule has 1 aromatic carbocycles. The van der Waals surface area contributed by atoms with Gasteiger partial charge in [-0.2, -0.15) is 0 Å². The second-order valence-corrected chi connectivity index (χ2v) is 7.31. The number of rotatable bonds is 5. The maximum atomic E-state index is 12.4. The molecule has 2 rings (SSSR count). The van der Waals surface area contributed by atoms with E-state index < -0.39 is 10.0 Å². The van der Waals surface area contributed by atoms with Crippen LogP contribution in [0.3, 0.4) is 0 Å². The summed E-state index contributed by atoms with van der Waals surface area (Å²) in [7, 11) is -3.48. The molecule has 0 atom stereocenters. The summed E-state index contributed by atoms with van der Waals surface area (Å²) in [6.07, 6.45) is 3.24. The Kier molecular flexibility index (Phi) is 3.62. The van der Waals surface area contributed by atoms with Gasteiger partial charge >= 0.3 is 0 Å². The third-order valence-electron chi connectivity index (χ3n) is 4.26. The molecule has 0 saturated heterocycles. The van der Waals surface area contributed by atoms with Gasteiger partial charge in [-0.3, -0.25) is 0 Å². The smallest absolute Gasteiger partial charge is 0.241 e. The highest BCUT2D eigenvalue weighted by Gasteiger charge is 2.41. The van der Waals surface area contributed by atoms with Crippen LogP contribution in [0.1, 0.15) is 37.3 Å². The van der Waals surface area contributed by atoms with E-state index in [4.69, 9.17) is 5.73 Å². The van der Waals surface area contributed by atoms with Crippen LogP contribution in [0.4, 0.5) is 5.69 Å². The number of aryl methyl sites for hydroxylation is 1. The molecule has 1 saturated carbocycles. The Bertz CT molecular complexity index is 590. The molecular formula is C14H22N2O2S. The maximum Gasteiger partial charge on any atom is 0.241 e. The van der Waals surface area contributed by atoms with Crippen molar-refractivity contribution in [1.29, 1.82) is 0 Å². The van der Waals surface area contributed by atoms with Crippen molar-refractivity contribution in [3.8, 4) is 0 Å². The summed E-state index contributed by atoms with van der Waals surface area (Å²) in [6.45, 7) is 6.19. The van der Waals surface area contributed by atoms with Gasteiger partial charge in [0.25, 0.3) is 0 Å². The summed E-state index contributed by atoms with van der Waals surface area (Å²) in [6, 6.07) is 3.50. The summed E-state index contributed by atoms with van der Waals surface area (Å²) in [5, 5.41) is 0. The van der Waals surface area contributed by atoms with Gasteiger partial charge in [0.2, 0.25) is 10.0 Å². The van der Waals surface area contributed by atoms with Gasteiger partial charge in [0.05, 0.1) is 4.90 Å². The second kappa shape index (κ2) is 4.80. The summed E-state index contributed by atoms with van der Waals surface area (Å²) in [5.74, 6) is 0. The van der Waals surface area contributed by atoms with E-state index >= 15 is 0 Å². The number of nitrogen functional groups attached to an aromatic ring is 1. The lowest BCUT2D eigenvalue weighted by molar-refractivity contribution is 0.475. The van der Waals surface area contributed by atoms with Crippen molar-refractivity contribution in [3.05, 3.63) is 23.3 Å². The van der Waals surface area contributed by atoms with Gasteiger partial charge in [0, 0.05) is 12.2 Å². The Morgan fingerprint density at radius 3 is 2.47 bits per heavy atom. The number of sulfonamides is 1. The number of nitrogens with one attached hydrogen (secondary N) is 1. The van der Waals surface area contributed by atoms with Gasteiger partial charge in [0.1, 0.15) is 0 Å². The molecule has 0 amide bonds. The average molecular weight is 282 g/mol. The SMILES string of the molecule is CCC1(CNS(=O)(=O)c2c(C)ccc(N)c2C)CC1. The highest BCUT2D eigenvalue weighted by Crippen LogP contribution is 2.48. The Morgan fingerprint density at radius 1 is 1.32 bits per heavy atom. The van der Waals surface area contributed by atoms with Crippen molar-refractivity contribution in [2.45, 2.75) is 44.9 Å². The monoisotopic (exact) mass is 282 g/mol. The molecule has 0 aromatic heterocycles. The summed E-state index contributed by atoms with van der Waals surface area (Å²) in [5.41, 5.74) is 7.89. The lowest BCUT2D eigenvalue weighted by Crippen LogP contribution is -2.31. The molecule has 0 bridgehead atoms. The molecular weight excluding hydrogens is 260 g/mol. The molecule has 0 heterocycles. The molecule has 4 nitrogen and oxygen atoms in total. The first-order valence-electron chi connectivity index (χ1n) is 6.67.